The van der Waals surface area contributed by atoms with Gasteiger partial charge in [0.25, 0.3) is 0 Å². The van der Waals surface area contributed by atoms with Crippen LogP contribution in [0.5, 0.6) is 0 Å². The van der Waals surface area contributed by atoms with Gasteiger partial charge in [0.05, 0.1) is 12.2 Å². The zero-order chi connectivity index (χ0) is 14.1. The lowest BCUT2D eigenvalue weighted by Gasteiger charge is -2.31. The van der Waals surface area contributed by atoms with Crippen LogP contribution in [0.4, 0.5) is 0 Å². The first kappa shape index (κ1) is 15.4. The number of carboxylic acids is 1. The van der Waals surface area contributed by atoms with Gasteiger partial charge in [0.1, 0.15) is 0 Å². The number of carbonyl (C=O) groups is 1. The minimum Gasteiger partial charge on any atom is -0.481 e. The molecule has 2 atom stereocenters. The van der Waals surface area contributed by atoms with Gasteiger partial charge >= 0.3 is 5.97 Å². The van der Waals surface area contributed by atoms with E-state index >= 15 is 0 Å². The maximum atomic E-state index is 12.0. The number of carboxylic acid groups (broad SMARTS) is 1. The van der Waals surface area contributed by atoms with E-state index in [2.05, 4.69) is 0 Å². The van der Waals surface area contributed by atoms with Crippen LogP contribution in [0.2, 0.25) is 0 Å². The van der Waals surface area contributed by atoms with Gasteiger partial charge in [0.2, 0.25) is 10.0 Å². The van der Waals surface area contributed by atoms with Gasteiger partial charge in [0.15, 0.2) is 0 Å². The number of hydrogen-bond donors (Lipinski definition) is 1. The molecule has 1 heterocycles. The second-order valence-electron chi connectivity index (χ2n) is 6.47. The Balaban J connectivity index is 2.93. The molecule has 0 aromatic heterocycles. The standard InChI is InChI=1S/C12H23NO4S/c1-9-7-13(18(16,17)8-9)10(5-11(14)15)6-12(2,3)4/h9-10H,5-8H2,1-4H3,(H,14,15). The van der Waals surface area contributed by atoms with Crippen molar-refractivity contribution in [2.45, 2.75) is 46.6 Å². The Labute approximate surface area is 109 Å². The van der Waals surface area contributed by atoms with E-state index in [0.29, 0.717) is 13.0 Å². The predicted octanol–water partition coefficient (Wildman–Crippen LogP) is 1.55. The van der Waals surface area contributed by atoms with E-state index in [1.54, 1.807) is 0 Å². The van der Waals surface area contributed by atoms with Gasteiger partial charge in [0, 0.05) is 12.6 Å². The molecule has 2 unspecified atom stereocenters. The predicted molar refractivity (Wildman–Crippen MR) is 69.8 cm³/mol. The van der Waals surface area contributed by atoms with E-state index in [0.717, 1.165) is 0 Å². The van der Waals surface area contributed by atoms with Crippen LogP contribution in [0, 0.1) is 11.3 Å². The third-order valence-electron chi connectivity index (χ3n) is 3.01. The monoisotopic (exact) mass is 277 g/mol. The maximum Gasteiger partial charge on any atom is 0.304 e. The Bertz CT molecular complexity index is 410. The zero-order valence-corrected chi connectivity index (χ0v) is 12.3. The summed E-state index contributed by atoms with van der Waals surface area (Å²) in [4.78, 5) is 10.9. The van der Waals surface area contributed by atoms with Crippen LogP contribution in [0.3, 0.4) is 0 Å². The van der Waals surface area contributed by atoms with Gasteiger partial charge in [-0.25, -0.2) is 8.42 Å². The Kier molecular flexibility index (Phi) is 4.43. The Morgan fingerprint density at radius 1 is 1.44 bits per heavy atom. The SMILES string of the molecule is CC1CN(C(CC(=O)O)CC(C)(C)C)S(=O)(=O)C1. The lowest BCUT2D eigenvalue weighted by Crippen LogP contribution is -2.40. The van der Waals surface area contributed by atoms with Crippen molar-refractivity contribution in [1.82, 2.24) is 4.31 Å². The van der Waals surface area contributed by atoms with Gasteiger partial charge in [-0.3, -0.25) is 4.79 Å². The van der Waals surface area contributed by atoms with Gasteiger partial charge < -0.3 is 5.11 Å². The Morgan fingerprint density at radius 2 is 2.00 bits per heavy atom. The van der Waals surface area contributed by atoms with Crippen molar-refractivity contribution in [2.24, 2.45) is 11.3 Å². The van der Waals surface area contributed by atoms with Crippen molar-refractivity contribution < 1.29 is 18.3 Å². The van der Waals surface area contributed by atoms with Gasteiger partial charge in [-0.15, -0.1) is 0 Å². The highest BCUT2D eigenvalue weighted by Crippen LogP contribution is 2.31. The highest BCUT2D eigenvalue weighted by molar-refractivity contribution is 7.89. The average Bonchev–Trinajstić information content (AvgIpc) is 2.34. The normalized spacial score (nSPS) is 26.1. The molecule has 0 saturated carbocycles. The molecule has 1 fully saturated rings. The first-order chi connectivity index (χ1) is 8.01. The first-order valence-electron chi connectivity index (χ1n) is 6.22. The van der Waals surface area contributed by atoms with E-state index in [1.807, 2.05) is 27.7 Å². The highest BCUT2D eigenvalue weighted by atomic mass is 32.2. The van der Waals surface area contributed by atoms with Crippen LogP contribution in [0.15, 0.2) is 0 Å². The smallest absolute Gasteiger partial charge is 0.304 e. The lowest BCUT2D eigenvalue weighted by molar-refractivity contribution is -0.138. The lowest BCUT2D eigenvalue weighted by atomic mass is 9.87. The average molecular weight is 277 g/mol. The molecule has 1 rings (SSSR count). The summed E-state index contributed by atoms with van der Waals surface area (Å²) < 4.78 is 25.4. The molecule has 0 amide bonds. The van der Waals surface area contributed by atoms with Gasteiger partial charge in [-0.2, -0.15) is 4.31 Å². The van der Waals surface area contributed by atoms with E-state index in [4.69, 9.17) is 5.11 Å². The summed E-state index contributed by atoms with van der Waals surface area (Å²) in [5.74, 6) is -0.738. The summed E-state index contributed by atoms with van der Waals surface area (Å²) in [5, 5.41) is 8.96. The molecule has 5 nitrogen and oxygen atoms in total. The first-order valence-corrected chi connectivity index (χ1v) is 7.83. The fourth-order valence-electron chi connectivity index (χ4n) is 2.49. The summed E-state index contributed by atoms with van der Waals surface area (Å²) in [6.45, 7) is 8.30. The molecular formula is C12H23NO4S. The minimum absolute atomic E-state index is 0.0752. The molecule has 18 heavy (non-hydrogen) atoms. The molecule has 6 heteroatoms. The van der Waals surface area contributed by atoms with Crippen molar-refractivity contribution in [3.63, 3.8) is 0 Å². The zero-order valence-electron chi connectivity index (χ0n) is 11.5. The van der Waals surface area contributed by atoms with Crippen LogP contribution >= 0.6 is 0 Å². The molecule has 1 saturated heterocycles. The molecule has 1 N–H and O–H groups in total. The molecule has 0 bridgehead atoms. The van der Waals surface area contributed by atoms with Crippen molar-refractivity contribution in [2.75, 3.05) is 12.3 Å². The van der Waals surface area contributed by atoms with Crippen LogP contribution in [-0.2, 0) is 14.8 Å². The molecule has 0 radical (unpaired) electrons. The topological polar surface area (TPSA) is 74.7 Å². The third-order valence-corrected chi connectivity index (χ3v) is 5.16. The number of sulfonamides is 1. The largest absolute Gasteiger partial charge is 0.481 e. The highest BCUT2D eigenvalue weighted by Gasteiger charge is 2.40. The van der Waals surface area contributed by atoms with E-state index in [1.165, 1.54) is 4.31 Å². The molecular weight excluding hydrogens is 254 g/mol. The Morgan fingerprint density at radius 3 is 2.33 bits per heavy atom. The molecule has 1 aliphatic rings. The fourth-order valence-corrected chi connectivity index (χ4v) is 4.59. The summed E-state index contributed by atoms with van der Waals surface area (Å²) in [5.41, 5.74) is -0.0958. The van der Waals surface area contributed by atoms with Crippen LogP contribution in [-0.4, -0.2) is 42.1 Å². The molecule has 106 valence electrons. The summed E-state index contributed by atoms with van der Waals surface area (Å²) in [7, 11) is -3.28. The third kappa shape index (κ3) is 4.24. The van der Waals surface area contributed by atoms with Crippen molar-refractivity contribution in [3.8, 4) is 0 Å². The van der Waals surface area contributed by atoms with Crippen molar-refractivity contribution in [1.29, 1.82) is 0 Å². The number of rotatable bonds is 4. The van der Waals surface area contributed by atoms with E-state index < -0.39 is 22.0 Å². The Hall–Kier alpha value is -0.620. The van der Waals surface area contributed by atoms with Crippen LogP contribution in [0.25, 0.3) is 0 Å². The second kappa shape index (κ2) is 5.17. The quantitative estimate of drug-likeness (QED) is 0.846. The second-order valence-corrected chi connectivity index (χ2v) is 8.44. The van der Waals surface area contributed by atoms with E-state index in [-0.39, 0.29) is 23.5 Å². The maximum absolute atomic E-state index is 12.0. The summed E-state index contributed by atoms with van der Waals surface area (Å²) in [6.07, 6.45) is 0.439. The van der Waals surface area contributed by atoms with Crippen molar-refractivity contribution in [3.05, 3.63) is 0 Å². The molecule has 1 aliphatic heterocycles. The van der Waals surface area contributed by atoms with Crippen LogP contribution in [0.1, 0.15) is 40.5 Å². The van der Waals surface area contributed by atoms with Crippen molar-refractivity contribution >= 4 is 16.0 Å². The number of aliphatic carboxylic acids is 1. The fraction of sp³-hybridized carbons (Fsp3) is 0.917. The number of hydrogen-bond acceptors (Lipinski definition) is 3. The van der Waals surface area contributed by atoms with Crippen LogP contribution < -0.4 is 0 Å². The minimum atomic E-state index is -3.28. The molecule has 0 aliphatic carbocycles. The molecule has 0 aromatic rings. The van der Waals surface area contributed by atoms with Gasteiger partial charge in [-0.1, -0.05) is 27.7 Å². The molecule has 0 aromatic carbocycles. The molecule has 0 spiro atoms. The van der Waals surface area contributed by atoms with E-state index in [9.17, 15) is 13.2 Å². The number of nitrogens with zero attached hydrogens (tertiary/aromatic N) is 1. The van der Waals surface area contributed by atoms with Gasteiger partial charge in [-0.05, 0) is 17.8 Å². The summed E-state index contributed by atoms with van der Waals surface area (Å²) in [6, 6.07) is -0.433. The summed E-state index contributed by atoms with van der Waals surface area (Å²) >= 11 is 0.